The number of rotatable bonds is 7. The Balaban J connectivity index is 1.59. The predicted octanol–water partition coefficient (Wildman–Crippen LogP) is 4.84. The van der Waals surface area contributed by atoms with Crippen molar-refractivity contribution in [2.24, 2.45) is 5.92 Å². The fourth-order valence-electron chi connectivity index (χ4n) is 4.70. The number of aliphatic hydroxyl groups excluding tert-OH is 1. The molecule has 1 fully saturated rings. The third-order valence-corrected chi connectivity index (χ3v) is 6.87. The van der Waals surface area contributed by atoms with Crippen LogP contribution in [0, 0.1) is 5.92 Å². The van der Waals surface area contributed by atoms with Crippen LogP contribution < -0.4 is 5.32 Å². The lowest BCUT2D eigenvalue weighted by molar-refractivity contribution is -0.191. The lowest BCUT2D eigenvalue weighted by atomic mass is 9.86. The highest BCUT2D eigenvalue weighted by atomic mass is 35.5. The minimum atomic E-state index is -4.67. The molecule has 2 aromatic heterocycles. The number of fused-ring (bicyclic) bond motifs is 1. The van der Waals surface area contributed by atoms with Gasteiger partial charge >= 0.3 is 6.18 Å². The number of ether oxygens (including phenoxy) is 1. The van der Waals surface area contributed by atoms with Gasteiger partial charge in [-0.15, -0.1) is 5.10 Å². The number of hydrogen-bond donors (Lipinski definition) is 2. The number of methoxy groups -OCH3 is 1. The number of carbonyl (C=O) groups is 1. The molecule has 200 valence electrons. The van der Waals surface area contributed by atoms with Crippen molar-refractivity contribution in [2.45, 2.75) is 57.0 Å². The average Bonchev–Trinajstić information content (AvgIpc) is 3.24. The Morgan fingerprint density at radius 2 is 1.89 bits per heavy atom. The van der Waals surface area contributed by atoms with E-state index in [-0.39, 0.29) is 16.6 Å². The van der Waals surface area contributed by atoms with Gasteiger partial charge in [-0.25, -0.2) is 4.98 Å². The Bertz CT molecular complexity index is 1240. The third kappa shape index (κ3) is 5.81. The zero-order chi connectivity index (χ0) is 26.9. The number of carbonyl (C=O) groups excluding carboxylic acids is 1. The number of halogens is 4. The molecule has 0 bridgehead atoms. The summed E-state index contributed by atoms with van der Waals surface area (Å²) in [4.78, 5) is 21.9. The summed E-state index contributed by atoms with van der Waals surface area (Å²) in [5.41, 5.74) is 1.52. The number of aliphatic hydroxyl groups is 1. The van der Waals surface area contributed by atoms with Crippen molar-refractivity contribution in [3.8, 4) is 0 Å². The molecule has 1 saturated carbocycles. The van der Waals surface area contributed by atoms with E-state index >= 15 is 0 Å². The highest BCUT2D eigenvalue weighted by Gasteiger charge is 2.46. The first-order valence-corrected chi connectivity index (χ1v) is 12.2. The summed E-state index contributed by atoms with van der Waals surface area (Å²) in [7, 11) is 2.71. The first-order valence-electron chi connectivity index (χ1n) is 11.8. The monoisotopic (exact) mass is 540 g/mol. The van der Waals surface area contributed by atoms with E-state index < -0.39 is 36.3 Å². The van der Waals surface area contributed by atoms with Crippen molar-refractivity contribution >= 4 is 34.7 Å². The number of aromatic nitrogens is 4. The smallest absolute Gasteiger partial charge is 0.393 e. The number of alkyl halides is 3. The molecular weight excluding hydrogens is 513 g/mol. The molecule has 0 spiro atoms. The number of hydrogen-bond acceptors (Lipinski definition) is 7. The van der Waals surface area contributed by atoms with Crippen molar-refractivity contribution in [1.29, 1.82) is 0 Å². The Hall–Kier alpha value is -2.96. The van der Waals surface area contributed by atoms with Crippen LogP contribution in [0.1, 0.15) is 56.0 Å². The summed E-state index contributed by atoms with van der Waals surface area (Å²) >= 11 is 5.93. The minimum Gasteiger partial charge on any atom is -0.393 e. The summed E-state index contributed by atoms with van der Waals surface area (Å²) in [5.74, 6) is -0.827. The van der Waals surface area contributed by atoms with Gasteiger partial charge < -0.3 is 20.1 Å². The van der Waals surface area contributed by atoms with Crippen LogP contribution in [-0.2, 0) is 9.53 Å². The zero-order valence-corrected chi connectivity index (χ0v) is 21.3. The van der Waals surface area contributed by atoms with Gasteiger partial charge in [-0.2, -0.15) is 22.7 Å². The fraction of sp³-hybridized carbons (Fsp3) is 0.500. The molecule has 1 aromatic carbocycles. The lowest BCUT2D eigenvalue weighted by Crippen LogP contribution is -2.43. The summed E-state index contributed by atoms with van der Waals surface area (Å²) in [5, 5.41) is 17.0. The normalized spacial score (nSPS) is 20.0. The minimum absolute atomic E-state index is 0.0137. The molecule has 9 nitrogen and oxygen atoms in total. The fourth-order valence-corrected chi connectivity index (χ4v) is 4.85. The maximum Gasteiger partial charge on any atom is 0.413 e. The largest absolute Gasteiger partial charge is 0.413 e. The molecule has 2 heterocycles. The maximum atomic E-state index is 14.1. The molecular formula is C24H28ClF3N6O3. The molecule has 3 aromatic rings. The molecule has 0 aliphatic heterocycles. The van der Waals surface area contributed by atoms with Crippen molar-refractivity contribution in [3.05, 3.63) is 47.0 Å². The molecule has 4 rings (SSSR count). The Kier molecular flexibility index (Phi) is 7.91. The zero-order valence-electron chi connectivity index (χ0n) is 20.5. The van der Waals surface area contributed by atoms with Gasteiger partial charge in [0.25, 0.3) is 5.78 Å². The van der Waals surface area contributed by atoms with E-state index in [1.165, 1.54) is 49.1 Å². The average molecular weight is 541 g/mol. The Morgan fingerprint density at radius 1 is 1.24 bits per heavy atom. The number of anilines is 2. The number of amides is 1. The van der Waals surface area contributed by atoms with Crippen molar-refractivity contribution < 1.29 is 27.8 Å². The van der Waals surface area contributed by atoms with E-state index in [9.17, 15) is 23.1 Å². The molecule has 0 unspecified atom stereocenters. The highest BCUT2D eigenvalue weighted by Crippen LogP contribution is 2.39. The second kappa shape index (κ2) is 10.8. The summed E-state index contributed by atoms with van der Waals surface area (Å²) in [6, 6.07) is 3.59. The predicted molar refractivity (Wildman–Crippen MR) is 130 cm³/mol. The molecule has 1 aliphatic rings. The number of nitrogens with one attached hydrogen (secondary N) is 1. The van der Waals surface area contributed by atoms with E-state index in [1.807, 2.05) is 0 Å². The van der Waals surface area contributed by atoms with Gasteiger partial charge in [0.05, 0.1) is 29.8 Å². The molecule has 1 amide bonds. The molecule has 13 heteroatoms. The topological polar surface area (TPSA) is 105 Å². The van der Waals surface area contributed by atoms with E-state index in [1.54, 1.807) is 6.92 Å². The molecule has 0 radical (unpaired) electrons. The first-order chi connectivity index (χ1) is 17.5. The van der Waals surface area contributed by atoms with Crippen LogP contribution in [0.3, 0.4) is 0 Å². The van der Waals surface area contributed by atoms with Crippen LogP contribution in [0.5, 0.6) is 0 Å². The molecule has 2 N–H and O–H groups in total. The molecule has 0 saturated heterocycles. The summed E-state index contributed by atoms with van der Waals surface area (Å²) < 4.78 is 49.3. The first kappa shape index (κ1) is 27.1. The van der Waals surface area contributed by atoms with Gasteiger partial charge in [-0.1, -0.05) is 12.1 Å². The van der Waals surface area contributed by atoms with Gasteiger partial charge in [0.1, 0.15) is 0 Å². The van der Waals surface area contributed by atoms with Crippen LogP contribution in [0.4, 0.5) is 24.5 Å². The third-order valence-electron chi connectivity index (χ3n) is 6.71. The second-order valence-electron chi connectivity index (χ2n) is 9.17. The lowest BCUT2D eigenvalue weighted by Gasteiger charge is -2.34. The SMILES string of the molecule is CO[C@@H](C)c1c(Nc2ccc([C@@H](N(C)C(=O)C3CCC(O)CC3)C(F)(F)F)cc2)cnc2nc(Cl)nn12. The number of nitrogens with zero attached hydrogens (tertiary/aromatic N) is 5. The Labute approximate surface area is 216 Å². The van der Waals surface area contributed by atoms with E-state index in [4.69, 9.17) is 16.3 Å². The van der Waals surface area contributed by atoms with E-state index in [0.717, 1.165) is 4.90 Å². The van der Waals surface area contributed by atoms with Crippen LogP contribution in [-0.4, -0.2) is 61.9 Å². The quantitative estimate of drug-likeness (QED) is 0.442. The van der Waals surface area contributed by atoms with E-state index in [0.29, 0.717) is 42.8 Å². The van der Waals surface area contributed by atoms with Gasteiger partial charge in [-0.05, 0) is 61.9 Å². The van der Waals surface area contributed by atoms with Crippen LogP contribution >= 0.6 is 11.6 Å². The van der Waals surface area contributed by atoms with Gasteiger partial charge in [0.2, 0.25) is 11.2 Å². The number of benzene rings is 1. The van der Waals surface area contributed by atoms with Gasteiger partial charge in [0, 0.05) is 25.8 Å². The molecule has 37 heavy (non-hydrogen) atoms. The molecule has 1 aliphatic carbocycles. The van der Waals surface area contributed by atoms with Crippen LogP contribution in [0.15, 0.2) is 30.5 Å². The van der Waals surface area contributed by atoms with Crippen molar-refractivity contribution in [1.82, 2.24) is 24.5 Å². The second-order valence-corrected chi connectivity index (χ2v) is 9.51. The highest BCUT2D eigenvalue weighted by molar-refractivity contribution is 6.28. The van der Waals surface area contributed by atoms with Crippen LogP contribution in [0.25, 0.3) is 5.78 Å². The van der Waals surface area contributed by atoms with Crippen LogP contribution in [0.2, 0.25) is 5.28 Å². The van der Waals surface area contributed by atoms with Crippen molar-refractivity contribution in [3.63, 3.8) is 0 Å². The summed E-state index contributed by atoms with van der Waals surface area (Å²) in [6.45, 7) is 1.80. The van der Waals surface area contributed by atoms with Gasteiger partial charge in [-0.3, -0.25) is 4.79 Å². The van der Waals surface area contributed by atoms with E-state index in [2.05, 4.69) is 20.4 Å². The Morgan fingerprint density at radius 3 is 2.49 bits per heavy atom. The van der Waals surface area contributed by atoms with Crippen molar-refractivity contribution in [2.75, 3.05) is 19.5 Å². The molecule has 2 atom stereocenters. The summed E-state index contributed by atoms with van der Waals surface area (Å²) in [6.07, 6.45) is -2.53. The van der Waals surface area contributed by atoms with Gasteiger partial charge in [0.15, 0.2) is 6.04 Å². The maximum absolute atomic E-state index is 14.1. The standard InChI is InChI=1S/C24H28ClF3N6O3/c1-13(37-3)19-18(12-29-23-31-22(25)32-34(19)23)30-16-8-4-14(5-9-16)20(24(26,27)28)33(2)21(36)15-6-10-17(35)11-7-15/h4-5,8-9,12-13,15,17,20,30,35H,6-7,10-11H2,1-3H3/t13-,15?,17?,20+/m0/s1.